The highest BCUT2D eigenvalue weighted by Crippen LogP contribution is 2.58. The summed E-state index contributed by atoms with van der Waals surface area (Å²) in [4.78, 5) is 41.9. The van der Waals surface area contributed by atoms with Crippen LogP contribution in [0.4, 0.5) is 5.69 Å². The second-order valence-electron chi connectivity index (χ2n) is 9.44. The highest BCUT2D eigenvalue weighted by molar-refractivity contribution is 6.34. The second kappa shape index (κ2) is 9.26. The first kappa shape index (κ1) is 23.8. The molecular weight excluding hydrogens is 470 g/mol. The van der Waals surface area contributed by atoms with Gasteiger partial charge >= 0.3 is 0 Å². The number of β-amino-alcohol motifs (C(OH)–C–C–N with tert-alkyl or cyclic N) is 1. The van der Waals surface area contributed by atoms with Gasteiger partial charge in [-0.25, -0.2) is 0 Å². The lowest BCUT2D eigenvalue weighted by Crippen LogP contribution is -2.53. The lowest BCUT2D eigenvalue weighted by atomic mass is 9.70. The number of likely N-dealkylation sites (tertiary alicyclic amines) is 1. The fraction of sp³-hybridized carbons (Fsp3) is 0.423. The summed E-state index contributed by atoms with van der Waals surface area (Å²) >= 11 is 6.33. The molecule has 3 amide bonds. The zero-order valence-electron chi connectivity index (χ0n) is 19.4. The van der Waals surface area contributed by atoms with Crippen LogP contribution >= 0.6 is 11.6 Å². The average molecular weight is 498 g/mol. The number of para-hydroxylation sites is 1. The Morgan fingerprint density at radius 1 is 1.17 bits per heavy atom. The molecule has 3 heterocycles. The number of halogens is 1. The van der Waals surface area contributed by atoms with Gasteiger partial charge in [0.05, 0.1) is 35.3 Å². The molecular formula is C26H28ClN3O5. The van der Waals surface area contributed by atoms with Gasteiger partial charge in [-0.05, 0) is 37.0 Å². The summed E-state index contributed by atoms with van der Waals surface area (Å²) in [6.07, 6.45) is 0.626. The number of aryl methyl sites for hydroxylation is 1. The van der Waals surface area contributed by atoms with E-state index in [1.165, 1.54) is 4.90 Å². The van der Waals surface area contributed by atoms with Gasteiger partial charge in [0.2, 0.25) is 17.7 Å². The molecule has 5 rings (SSSR count). The van der Waals surface area contributed by atoms with Gasteiger partial charge in [0.25, 0.3) is 0 Å². The monoisotopic (exact) mass is 497 g/mol. The fourth-order valence-corrected chi connectivity index (χ4v) is 6.26. The van der Waals surface area contributed by atoms with Crippen LogP contribution in [-0.2, 0) is 25.7 Å². The Morgan fingerprint density at radius 2 is 1.94 bits per heavy atom. The van der Waals surface area contributed by atoms with E-state index in [1.807, 2.05) is 43.3 Å². The number of anilines is 1. The second-order valence-corrected chi connectivity index (χ2v) is 9.84. The van der Waals surface area contributed by atoms with Gasteiger partial charge in [0.1, 0.15) is 11.6 Å². The van der Waals surface area contributed by atoms with Gasteiger partial charge in [-0.2, -0.15) is 0 Å². The molecule has 0 aromatic heterocycles. The molecule has 35 heavy (non-hydrogen) atoms. The molecule has 2 aromatic rings. The Bertz CT molecular complexity index is 1140. The maximum Gasteiger partial charge on any atom is 0.250 e. The molecule has 3 saturated heterocycles. The third-order valence-corrected chi connectivity index (χ3v) is 7.79. The van der Waals surface area contributed by atoms with E-state index in [9.17, 15) is 19.5 Å². The van der Waals surface area contributed by atoms with Crippen molar-refractivity contribution in [2.45, 2.75) is 44.1 Å². The van der Waals surface area contributed by atoms with Crippen molar-refractivity contribution in [1.29, 1.82) is 0 Å². The van der Waals surface area contributed by atoms with Crippen LogP contribution in [-0.4, -0.2) is 58.6 Å². The number of fused-ring (bicyclic) bond motifs is 1. The first-order valence-electron chi connectivity index (χ1n) is 11.8. The van der Waals surface area contributed by atoms with Crippen molar-refractivity contribution < 1.29 is 24.2 Å². The first-order valence-corrected chi connectivity index (χ1v) is 12.2. The Morgan fingerprint density at radius 3 is 2.66 bits per heavy atom. The van der Waals surface area contributed by atoms with Crippen molar-refractivity contribution in [3.63, 3.8) is 0 Å². The quantitative estimate of drug-likeness (QED) is 0.544. The number of nitrogens with zero attached hydrogens (tertiary/aromatic N) is 1. The molecule has 0 aliphatic carbocycles. The summed E-state index contributed by atoms with van der Waals surface area (Å²) in [6, 6.07) is 13.9. The molecule has 0 radical (unpaired) electrons. The van der Waals surface area contributed by atoms with Crippen molar-refractivity contribution >= 4 is 35.0 Å². The third kappa shape index (κ3) is 3.90. The van der Waals surface area contributed by atoms with Crippen LogP contribution in [0.3, 0.4) is 0 Å². The van der Waals surface area contributed by atoms with Crippen LogP contribution < -0.4 is 10.6 Å². The SMILES string of the molecule is Cc1cccc(Cl)c1NC(=O)C1N(CCO)C(=O)[C@@H]2[C@H](C(=O)NCc3ccccc3)[C@@H]3CCC12O3. The van der Waals surface area contributed by atoms with E-state index in [-0.39, 0.29) is 25.0 Å². The van der Waals surface area contributed by atoms with Crippen LogP contribution in [0.15, 0.2) is 48.5 Å². The van der Waals surface area contributed by atoms with E-state index in [2.05, 4.69) is 10.6 Å². The van der Waals surface area contributed by atoms with Gasteiger partial charge < -0.3 is 25.4 Å². The summed E-state index contributed by atoms with van der Waals surface area (Å²) in [5.74, 6) is -2.51. The zero-order chi connectivity index (χ0) is 24.7. The number of hydrogen-bond donors (Lipinski definition) is 3. The molecule has 3 aliphatic rings. The summed E-state index contributed by atoms with van der Waals surface area (Å²) in [5.41, 5.74) is 1.09. The lowest BCUT2D eigenvalue weighted by Gasteiger charge is -2.33. The van der Waals surface area contributed by atoms with Crippen molar-refractivity contribution in [3.8, 4) is 0 Å². The van der Waals surface area contributed by atoms with E-state index < -0.39 is 35.5 Å². The van der Waals surface area contributed by atoms with Crippen molar-refractivity contribution in [1.82, 2.24) is 10.2 Å². The maximum atomic E-state index is 13.6. The van der Waals surface area contributed by atoms with E-state index in [0.717, 1.165) is 11.1 Å². The number of hydrogen-bond acceptors (Lipinski definition) is 5. The van der Waals surface area contributed by atoms with E-state index in [1.54, 1.807) is 12.1 Å². The molecule has 2 aromatic carbocycles. The number of benzene rings is 2. The highest BCUT2D eigenvalue weighted by atomic mass is 35.5. The summed E-state index contributed by atoms with van der Waals surface area (Å²) in [5, 5.41) is 15.9. The van der Waals surface area contributed by atoms with Crippen LogP contribution in [0.5, 0.6) is 0 Å². The van der Waals surface area contributed by atoms with E-state index >= 15 is 0 Å². The molecule has 2 bridgehead atoms. The molecule has 3 N–H and O–H groups in total. The van der Waals surface area contributed by atoms with E-state index in [0.29, 0.717) is 30.1 Å². The number of aliphatic hydroxyl groups is 1. The molecule has 3 aliphatic heterocycles. The number of aliphatic hydroxyl groups excluding tert-OH is 1. The number of nitrogens with one attached hydrogen (secondary N) is 2. The van der Waals surface area contributed by atoms with Gasteiger partial charge in [-0.1, -0.05) is 54.1 Å². The largest absolute Gasteiger partial charge is 0.395 e. The van der Waals surface area contributed by atoms with E-state index in [4.69, 9.17) is 16.3 Å². The fourth-order valence-electron chi connectivity index (χ4n) is 5.99. The lowest BCUT2D eigenvalue weighted by molar-refractivity contribution is -0.141. The molecule has 0 saturated carbocycles. The molecule has 2 unspecified atom stereocenters. The number of amides is 3. The van der Waals surface area contributed by atoms with Gasteiger partial charge in [0, 0.05) is 13.1 Å². The zero-order valence-corrected chi connectivity index (χ0v) is 20.1. The smallest absolute Gasteiger partial charge is 0.250 e. The highest BCUT2D eigenvalue weighted by Gasteiger charge is 2.74. The molecule has 5 atom stereocenters. The third-order valence-electron chi connectivity index (χ3n) is 7.47. The number of carbonyl (C=O) groups is 3. The van der Waals surface area contributed by atoms with Crippen molar-refractivity contribution in [2.24, 2.45) is 11.8 Å². The number of ether oxygens (including phenoxy) is 1. The summed E-state index contributed by atoms with van der Waals surface area (Å²) in [6.45, 7) is 1.84. The van der Waals surface area contributed by atoms with Crippen LogP contribution in [0.25, 0.3) is 0 Å². The minimum absolute atomic E-state index is 0.0247. The van der Waals surface area contributed by atoms with Gasteiger partial charge in [0.15, 0.2) is 0 Å². The topological polar surface area (TPSA) is 108 Å². The molecule has 8 nitrogen and oxygen atoms in total. The average Bonchev–Trinajstić information content (AvgIpc) is 3.48. The van der Waals surface area contributed by atoms with Crippen LogP contribution in [0, 0.1) is 18.8 Å². The van der Waals surface area contributed by atoms with Gasteiger partial charge in [-0.15, -0.1) is 0 Å². The van der Waals surface area contributed by atoms with Gasteiger partial charge in [-0.3, -0.25) is 14.4 Å². The van der Waals surface area contributed by atoms with Crippen molar-refractivity contribution in [3.05, 3.63) is 64.7 Å². The maximum absolute atomic E-state index is 13.6. The minimum atomic E-state index is -1.12. The van der Waals surface area contributed by atoms with Crippen molar-refractivity contribution in [2.75, 3.05) is 18.5 Å². The van der Waals surface area contributed by atoms with Crippen LogP contribution in [0.2, 0.25) is 5.02 Å². The molecule has 184 valence electrons. The first-order chi connectivity index (χ1) is 16.9. The summed E-state index contributed by atoms with van der Waals surface area (Å²) in [7, 11) is 0. The molecule has 3 fully saturated rings. The standard InChI is InChI=1S/C26H28ClN3O5/c1-15-6-5-9-17(27)21(15)29-24(33)22-26-11-10-18(35-26)19(20(26)25(34)30(22)12-13-31)23(32)28-14-16-7-3-2-4-8-16/h2-9,18-20,22,31H,10-14H2,1H3,(H,28,32)(H,29,33)/t18-,19+,20-,22?,26?/m0/s1. The predicted molar refractivity (Wildman–Crippen MR) is 130 cm³/mol. The number of carbonyl (C=O) groups excluding carboxylic acids is 3. The molecule has 1 spiro atoms. The van der Waals surface area contributed by atoms with Crippen LogP contribution in [0.1, 0.15) is 24.0 Å². The Hall–Kier alpha value is -2.94. The Balaban J connectivity index is 1.42. The summed E-state index contributed by atoms with van der Waals surface area (Å²) < 4.78 is 6.35. The Kier molecular flexibility index (Phi) is 6.29. The number of rotatable bonds is 7. The Labute approximate surface area is 208 Å². The molecule has 9 heteroatoms. The minimum Gasteiger partial charge on any atom is -0.395 e. The normalized spacial score (nSPS) is 28.8. The predicted octanol–water partition coefficient (Wildman–Crippen LogP) is 2.27.